The molecule has 0 amide bonds. The van der Waals surface area contributed by atoms with Gasteiger partial charge in [0.05, 0.1) is 6.54 Å². The van der Waals surface area contributed by atoms with Gasteiger partial charge in [-0.15, -0.1) is 0 Å². The predicted octanol–water partition coefficient (Wildman–Crippen LogP) is 2.18. The van der Waals surface area contributed by atoms with Gasteiger partial charge in [-0.05, 0) is 66.6 Å². The van der Waals surface area contributed by atoms with Gasteiger partial charge in [-0.25, -0.2) is 0 Å². The van der Waals surface area contributed by atoms with Crippen LogP contribution in [-0.2, 0) is 9.53 Å². The molecule has 4 nitrogen and oxygen atoms in total. The zero-order valence-electron chi connectivity index (χ0n) is 13.0. The van der Waals surface area contributed by atoms with Crippen molar-refractivity contribution in [2.24, 2.45) is 0 Å². The molecule has 19 heavy (non-hydrogen) atoms. The number of carbonyl (C=O) groups is 1. The number of likely N-dealkylation sites (tertiary alicyclic amines) is 1. The van der Waals surface area contributed by atoms with E-state index in [0.29, 0.717) is 6.54 Å². The number of piperidine rings is 1. The average Bonchev–Trinajstić information content (AvgIpc) is 2.28. The number of carbonyl (C=O) groups excluding carboxylic acids is 1. The molecule has 1 aliphatic rings. The Hall–Kier alpha value is -0.610. The highest BCUT2D eigenvalue weighted by Gasteiger charge is 2.17. The maximum absolute atomic E-state index is 11.5. The highest BCUT2D eigenvalue weighted by atomic mass is 16.6. The Morgan fingerprint density at radius 2 is 2.11 bits per heavy atom. The van der Waals surface area contributed by atoms with Crippen LogP contribution in [0.1, 0.15) is 53.4 Å². The van der Waals surface area contributed by atoms with Gasteiger partial charge in [-0.1, -0.05) is 6.42 Å². The number of nitrogens with one attached hydrogen (secondary N) is 1. The summed E-state index contributed by atoms with van der Waals surface area (Å²) in [6, 6.07) is 0.722. The predicted molar refractivity (Wildman–Crippen MR) is 78.2 cm³/mol. The van der Waals surface area contributed by atoms with Crippen molar-refractivity contribution in [1.29, 1.82) is 0 Å². The molecule has 0 saturated carbocycles. The molecule has 0 aromatic heterocycles. The Morgan fingerprint density at radius 1 is 1.37 bits per heavy atom. The van der Waals surface area contributed by atoms with Crippen molar-refractivity contribution in [3.8, 4) is 0 Å². The molecular formula is C15H30N2O2. The fourth-order valence-electron chi connectivity index (χ4n) is 2.46. The normalized spacial score (nSPS) is 21.4. The molecule has 1 unspecified atom stereocenters. The van der Waals surface area contributed by atoms with E-state index in [0.717, 1.165) is 25.6 Å². The van der Waals surface area contributed by atoms with Gasteiger partial charge in [0.2, 0.25) is 0 Å². The summed E-state index contributed by atoms with van der Waals surface area (Å²) >= 11 is 0. The maximum Gasteiger partial charge on any atom is 0.320 e. The summed E-state index contributed by atoms with van der Waals surface area (Å²) in [5.41, 5.74) is -0.387. The Labute approximate surface area is 117 Å². The lowest BCUT2D eigenvalue weighted by molar-refractivity contribution is -0.153. The molecule has 0 aromatic rings. The highest BCUT2D eigenvalue weighted by Crippen LogP contribution is 2.16. The molecule has 0 radical (unpaired) electrons. The molecule has 0 aliphatic carbocycles. The van der Waals surface area contributed by atoms with Gasteiger partial charge in [0.15, 0.2) is 0 Å². The third kappa shape index (κ3) is 7.53. The van der Waals surface area contributed by atoms with E-state index < -0.39 is 0 Å². The number of hydrogen-bond donors (Lipinski definition) is 1. The SMILES string of the molecule is CC1CCCCN1CCCNCC(=O)OC(C)(C)C. The Morgan fingerprint density at radius 3 is 2.74 bits per heavy atom. The molecule has 1 atom stereocenters. The smallest absolute Gasteiger partial charge is 0.320 e. The standard InChI is InChI=1S/C15H30N2O2/c1-13-8-5-6-10-17(13)11-7-9-16-12-14(18)19-15(2,3)4/h13,16H,5-12H2,1-4H3. The van der Waals surface area contributed by atoms with Crippen LogP contribution in [0.15, 0.2) is 0 Å². The monoisotopic (exact) mass is 270 g/mol. The van der Waals surface area contributed by atoms with Gasteiger partial charge in [-0.2, -0.15) is 0 Å². The molecule has 1 heterocycles. The molecular weight excluding hydrogens is 240 g/mol. The number of ether oxygens (including phenoxy) is 1. The lowest BCUT2D eigenvalue weighted by Crippen LogP contribution is -2.39. The molecule has 0 bridgehead atoms. The lowest BCUT2D eigenvalue weighted by Gasteiger charge is -2.33. The van der Waals surface area contributed by atoms with Gasteiger partial charge >= 0.3 is 5.97 Å². The fraction of sp³-hybridized carbons (Fsp3) is 0.933. The second-order valence-electron chi connectivity index (χ2n) is 6.50. The minimum atomic E-state index is -0.387. The van der Waals surface area contributed by atoms with Crippen molar-refractivity contribution in [2.45, 2.75) is 65.0 Å². The highest BCUT2D eigenvalue weighted by molar-refractivity contribution is 5.72. The first-order valence-electron chi connectivity index (χ1n) is 7.55. The van der Waals surface area contributed by atoms with Crippen molar-refractivity contribution in [2.75, 3.05) is 26.2 Å². The van der Waals surface area contributed by atoms with E-state index in [1.165, 1.54) is 25.8 Å². The van der Waals surface area contributed by atoms with Gasteiger partial charge in [0.25, 0.3) is 0 Å². The van der Waals surface area contributed by atoms with E-state index in [4.69, 9.17) is 4.74 Å². The zero-order valence-corrected chi connectivity index (χ0v) is 13.0. The van der Waals surface area contributed by atoms with Crippen molar-refractivity contribution >= 4 is 5.97 Å². The molecule has 1 fully saturated rings. The summed E-state index contributed by atoms with van der Waals surface area (Å²) in [5, 5.41) is 3.16. The van der Waals surface area contributed by atoms with Gasteiger partial charge in [0.1, 0.15) is 5.60 Å². The molecule has 112 valence electrons. The molecule has 4 heteroatoms. The average molecular weight is 270 g/mol. The van der Waals surface area contributed by atoms with Gasteiger partial charge < -0.3 is 15.0 Å². The topological polar surface area (TPSA) is 41.6 Å². The quantitative estimate of drug-likeness (QED) is 0.593. The molecule has 0 spiro atoms. The van der Waals surface area contributed by atoms with E-state index in [9.17, 15) is 4.79 Å². The fourth-order valence-corrected chi connectivity index (χ4v) is 2.46. The van der Waals surface area contributed by atoms with Crippen molar-refractivity contribution < 1.29 is 9.53 Å². The zero-order chi connectivity index (χ0) is 14.3. The van der Waals surface area contributed by atoms with Crippen molar-refractivity contribution in [1.82, 2.24) is 10.2 Å². The van der Waals surface area contributed by atoms with Crippen LogP contribution >= 0.6 is 0 Å². The van der Waals surface area contributed by atoms with Crippen LogP contribution in [0.5, 0.6) is 0 Å². The summed E-state index contributed by atoms with van der Waals surface area (Å²) in [7, 11) is 0. The van der Waals surface area contributed by atoms with Crippen LogP contribution in [-0.4, -0.2) is 48.7 Å². The molecule has 1 N–H and O–H groups in total. The summed E-state index contributed by atoms with van der Waals surface area (Å²) in [6.07, 6.45) is 5.11. The third-order valence-corrected chi connectivity index (χ3v) is 3.43. The number of esters is 1. The third-order valence-electron chi connectivity index (χ3n) is 3.43. The van der Waals surface area contributed by atoms with E-state index in [-0.39, 0.29) is 11.6 Å². The first kappa shape index (κ1) is 16.4. The van der Waals surface area contributed by atoms with E-state index >= 15 is 0 Å². The Bertz CT molecular complexity index is 274. The van der Waals surface area contributed by atoms with Crippen LogP contribution in [0.3, 0.4) is 0 Å². The number of rotatable bonds is 6. The molecule has 0 aromatic carbocycles. The second-order valence-corrected chi connectivity index (χ2v) is 6.50. The Balaban J connectivity index is 2.03. The summed E-state index contributed by atoms with van der Waals surface area (Å²) in [4.78, 5) is 14.0. The second kappa shape index (κ2) is 7.85. The number of hydrogen-bond acceptors (Lipinski definition) is 4. The minimum Gasteiger partial charge on any atom is -0.459 e. The molecule has 1 aliphatic heterocycles. The van der Waals surface area contributed by atoms with Crippen LogP contribution < -0.4 is 5.32 Å². The summed E-state index contributed by atoms with van der Waals surface area (Å²) in [6.45, 7) is 11.5. The van der Waals surface area contributed by atoms with Crippen molar-refractivity contribution in [3.63, 3.8) is 0 Å². The summed E-state index contributed by atoms with van der Waals surface area (Å²) < 4.78 is 5.24. The van der Waals surface area contributed by atoms with Crippen molar-refractivity contribution in [3.05, 3.63) is 0 Å². The van der Waals surface area contributed by atoms with E-state index in [1.54, 1.807) is 0 Å². The van der Waals surface area contributed by atoms with Crippen LogP contribution in [0.4, 0.5) is 0 Å². The maximum atomic E-state index is 11.5. The number of nitrogens with zero attached hydrogens (tertiary/aromatic N) is 1. The minimum absolute atomic E-state index is 0.168. The van der Waals surface area contributed by atoms with E-state index in [1.807, 2.05) is 20.8 Å². The largest absolute Gasteiger partial charge is 0.459 e. The van der Waals surface area contributed by atoms with Gasteiger partial charge in [-0.3, -0.25) is 4.79 Å². The first-order valence-corrected chi connectivity index (χ1v) is 7.55. The summed E-state index contributed by atoms with van der Waals surface area (Å²) in [5.74, 6) is -0.168. The van der Waals surface area contributed by atoms with Crippen LogP contribution in [0.25, 0.3) is 0 Å². The van der Waals surface area contributed by atoms with Gasteiger partial charge in [0, 0.05) is 6.04 Å². The van der Waals surface area contributed by atoms with Crippen LogP contribution in [0, 0.1) is 0 Å². The molecule has 1 saturated heterocycles. The molecule has 1 rings (SSSR count). The first-order chi connectivity index (χ1) is 8.88. The lowest BCUT2D eigenvalue weighted by atomic mass is 10.0. The Kier molecular flexibility index (Phi) is 6.80. The van der Waals surface area contributed by atoms with Crippen LogP contribution in [0.2, 0.25) is 0 Å². The van der Waals surface area contributed by atoms with E-state index in [2.05, 4.69) is 17.1 Å².